The molecule has 2 N–H and O–H groups in total. The number of amides is 1. The van der Waals surface area contributed by atoms with E-state index in [4.69, 9.17) is 17.3 Å². The zero-order valence-corrected chi connectivity index (χ0v) is 11.2. The van der Waals surface area contributed by atoms with Crippen LogP contribution in [0.15, 0.2) is 24.3 Å². The van der Waals surface area contributed by atoms with Gasteiger partial charge in [0.05, 0.1) is 6.54 Å². The first-order valence-electron chi connectivity index (χ1n) is 6.08. The highest BCUT2D eigenvalue weighted by atomic mass is 35.5. The highest BCUT2D eigenvalue weighted by molar-refractivity contribution is 6.30. The Hall–Kier alpha value is -1.10. The van der Waals surface area contributed by atoms with Crippen molar-refractivity contribution in [3.63, 3.8) is 0 Å². The zero-order valence-electron chi connectivity index (χ0n) is 10.5. The van der Waals surface area contributed by atoms with Gasteiger partial charge < -0.3 is 10.6 Å². The zero-order chi connectivity index (χ0) is 13.1. The molecule has 4 nitrogen and oxygen atoms in total. The molecule has 18 heavy (non-hydrogen) atoms. The number of hydrogen-bond acceptors (Lipinski definition) is 3. The molecular weight excluding hydrogens is 250 g/mol. The molecule has 1 atom stereocenters. The average molecular weight is 268 g/mol. The molecule has 1 aliphatic heterocycles. The van der Waals surface area contributed by atoms with Crippen LogP contribution in [0.1, 0.15) is 6.42 Å². The maximum atomic E-state index is 12.1. The largest absolute Gasteiger partial charge is 0.330 e. The summed E-state index contributed by atoms with van der Waals surface area (Å²) >= 11 is 5.97. The third kappa shape index (κ3) is 2.83. The van der Waals surface area contributed by atoms with Crippen molar-refractivity contribution in [2.75, 3.05) is 31.6 Å². The van der Waals surface area contributed by atoms with Crippen LogP contribution in [0.4, 0.5) is 5.69 Å². The Morgan fingerprint density at radius 1 is 1.50 bits per heavy atom. The molecule has 0 bridgehead atoms. The van der Waals surface area contributed by atoms with Gasteiger partial charge in [0.1, 0.15) is 0 Å². The van der Waals surface area contributed by atoms with Crippen molar-refractivity contribution in [3.05, 3.63) is 29.3 Å². The third-order valence-electron chi connectivity index (χ3n) is 3.32. The molecule has 0 spiro atoms. The van der Waals surface area contributed by atoms with Crippen LogP contribution in [0.5, 0.6) is 0 Å². The van der Waals surface area contributed by atoms with Gasteiger partial charge in [-0.05, 0) is 38.2 Å². The number of hydrogen-bond donors (Lipinski definition) is 1. The number of rotatable bonds is 3. The van der Waals surface area contributed by atoms with Crippen LogP contribution in [0.2, 0.25) is 5.02 Å². The average Bonchev–Trinajstić information content (AvgIpc) is 2.33. The Morgan fingerprint density at radius 2 is 2.28 bits per heavy atom. The summed E-state index contributed by atoms with van der Waals surface area (Å²) in [5.41, 5.74) is 6.48. The Balaban J connectivity index is 2.19. The van der Waals surface area contributed by atoms with E-state index in [0.717, 1.165) is 12.1 Å². The van der Waals surface area contributed by atoms with Gasteiger partial charge in [0.15, 0.2) is 0 Å². The lowest BCUT2D eigenvalue weighted by Gasteiger charge is -2.39. The molecule has 98 valence electrons. The Morgan fingerprint density at radius 3 is 2.94 bits per heavy atom. The Bertz CT molecular complexity index is 438. The number of benzene rings is 1. The first-order chi connectivity index (χ1) is 8.61. The van der Waals surface area contributed by atoms with Gasteiger partial charge in [0.2, 0.25) is 5.91 Å². The lowest BCUT2D eigenvalue weighted by Crippen LogP contribution is -2.55. The van der Waals surface area contributed by atoms with Crippen molar-refractivity contribution < 1.29 is 4.79 Å². The van der Waals surface area contributed by atoms with Gasteiger partial charge in [-0.2, -0.15) is 0 Å². The van der Waals surface area contributed by atoms with E-state index in [1.54, 1.807) is 4.90 Å². The van der Waals surface area contributed by atoms with Crippen LogP contribution in [-0.4, -0.2) is 43.5 Å². The number of carbonyl (C=O) groups excluding carboxylic acids is 1. The predicted octanol–water partition coefficient (Wildman–Crippen LogP) is 1.34. The van der Waals surface area contributed by atoms with E-state index >= 15 is 0 Å². The molecule has 0 aliphatic carbocycles. The molecule has 1 heterocycles. The van der Waals surface area contributed by atoms with E-state index in [9.17, 15) is 4.79 Å². The Kier molecular flexibility index (Phi) is 4.22. The van der Waals surface area contributed by atoms with Crippen molar-refractivity contribution >= 4 is 23.2 Å². The number of nitrogens with two attached hydrogens (primary N) is 1. The maximum Gasteiger partial charge on any atom is 0.241 e. The number of anilines is 1. The Labute approximate surface area is 112 Å². The van der Waals surface area contributed by atoms with Crippen molar-refractivity contribution in [1.82, 2.24) is 4.90 Å². The summed E-state index contributed by atoms with van der Waals surface area (Å²) in [5.74, 6) is 0.105. The summed E-state index contributed by atoms with van der Waals surface area (Å²) in [4.78, 5) is 15.9. The smallest absolute Gasteiger partial charge is 0.241 e. The van der Waals surface area contributed by atoms with Crippen molar-refractivity contribution in [1.29, 1.82) is 0 Å². The van der Waals surface area contributed by atoms with E-state index in [2.05, 4.69) is 4.90 Å². The van der Waals surface area contributed by atoms with E-state index in [1.807, 2.05) is 31.3 Å². The summed E-state index contributed by atoms with van der Waals surface area (Å²) in [7, 11) is 1.97. The molecule has 1 aliphatic rings. The third-order valence-corrected chi connectivity index (χ3v) is 3.56. The lowest BCUT2D eigenvalue weighted by atomic mass is 10.1. The fourth-order valence-electron chi connectivity index (χ4n) is 2.28. The molecule has 1 unspecified atom stereocenters. The van der Waals surface area contributed by atoms with Gasteiger partial charge in [0, 0.05) is 23.3 Å². The summed E-state index contributed by atoms with van der Waals surface area (Å²) < 4.78 is 0. The topological polar surface area (TPSA) is 49.6 Å². The minimum absolute atomic E-state index is 0.105. The summed E-state index contributed by atoms with van der Waals surface area (Å²) in [6, 6.07) is 7.72. The monoisotopic (exact) mass is 267 g/mol. The van der Waals surface area contributed by atoms with Crippen LogP contribution in [0.3, 0.4) is 0 Å². The second-order valence-electron chi connectivity index (χ2n) is 4.63. The number of nitrogens with zero attached hydrogens (tertiary/aromatic N) is 2. The molecule has 1 aromatic carbocycles. The second-order valence-corrected chi connectivity index (χ2v) is 5.07. The van der Waals surface area contributed by atoms with E-state index in [-0.39, 0.29) is 5.91 Å². The molecule has 1 amide bonds. The van der Waals surface area contributed by atoms with Crippen LogP contribution >= 0.6 is 11.6 Å². The summed E-state index contributed by atoms with van der Waals surface area (Å²) in [6.45, 7) is 1.73. The first kappa shape index (κ1) is 13.3. The molecule has 5 heteroatoms. The van der Waals surface area contributed by atoms with Crippen molar-refractivity contribution in [2.24, 2.45) is 5.73 Å². The van der Waals surface area contributed by atoms with Gasteiger partial charge in [-0.1, -0.05) is 17.7 Å². The minimum Gasteiger partial charge on any atom is -0.330 e. The predicted molar refractivity (Wildman–Crippen MR) is 73.9 cm³/mol. The molecule has 1 aromatic rings. The minimum atomic E-state index is 0.105. The van der Waals surface area contributed by atoms with Gasteiger partial charge in [-0.25, -0.2) is 0 Å². The molecule has 0 radical (unpaired) electrons. The normalized spacial score (nSPS) is 21.4. The van der Waals surface area contributed by atoms with E-state index in [0.29, 0.717) is 30.7 Å². The first-order valence-corrected chi connectivity index (χ1v) is 6.46. The van der Waals surface area contributed by atoms with E-state index in [1.165, 1.54) is 0 Å². The SMILES string of the molecule is CN1CC(=O)N(c2cccc(Cl)c2)CC1CCN. The van der Waals surface area contributed by atoms with Gasteiger partial charge in [-0.3, -0.25) is 9.69 Å². The van der Waals surface area contributed by atoms with Crippen LogP contribution < -0.4 is 10.6 Å². The van der Waals surface area contributed by atoms with Gasteiger partial charge in [-0.15, -0.1) is 0 Å². The molecule has 0 saturated carbocycles. The second kappa shape index (κ2) is 5.69. The lowest BCUT2D eigenvalue weighted by molar-refractivity contribution is -0.122. The maximum absolute atomic E-state index is 12.1. The van der Waals surface area contributed by atoms with Gasteiger partial charge >= 0.3 is 0 Å². The fraction of sp³-hybridized carbons (Fsp3) is 0.462. The van der Waals surface area contributed by atoms with Crippen molar-refractivity contribution in [3.8, 4) is 0 Å². The summed E-state index contributed by atoms with van der Waals surface area (Å²) in [5, 5.41) is 0.648. The van der Waals surface area contributed by atoms with Crippen molar-refractivity contribution in [2.45, 2.75) is 12.5 Å². The summed E-state index contributed by atoms with van der Waals surface area (Å²) in [6.07, 6.45) is 0.890. The number of carbonyl (C=O) groups is 1. The van der Waals surface area contributed by atoms with Crippen LogP contribution in [0.25, 0.3) is 0 Å². The van der Waals surface area contributed by atoms with Gasteiger partial charge in [0.25, 0.3) is 0 Å². The number of likely N-dealkylation sites (N-methyl/N-ethyl adjacent to an activating group) is 1. The molecular formula is C13H18ClN3O. The molecule has 1 saturated heterocycles. The quantitative estimate of drug-likeness (QED) is 0.899. The fourth-order valence-corrected chi connectivity index (χ4v) is 2.46. The molecule has 2 rings (SSSR count). The van der Waals surface area contributed by atoms with Crippen LogP contribution in [-0.2, 0) is 4.79 Å². The molecule has 0 aromatic heterocycles. The standard InChI is InChI=1S/C13H18ClN3O/c1-16-9-13(18)17(8-12(16)5-6-15)11-4-2-3-10(14)7-11/h2-4,7,12H,5-6,8-9,15H2,1H3. The highest BCUT2D eigenvalue weighted by Crippen LogP contribution is 2.23. The van der Waals surface area contributed by atoms with Crippen LogP contribution in [0, 0.1) is 0 Å². The number of halogens is 1. The molecule has 1 fully saturated rings. The number of piperazine rings is 1. The highest BCUT2D eigenvalue weighted by Gasteiger charge is 2.30. The van der Waals surface area contributed by atoms with E-state index < -0.39 is 0 Å².